The smallest absolute Gasteiger partial charge is 0.306 e. The zero-order valence-corrected chi connectivity index (χ0v) is 55.0. The monoisotopic (exact) mass is 1150 g/mol. The molecule has 6 heteroatoms. The molecule has 0 heterocycles. The lowest BCUT2D eigenvalue weighted by Crippen LogP contribution is -2.30. The van der Waals surface area contributed by atoms with Crippen LogP contribution in [-0.4, -0.2) is 37.2 Å². The van der Waals surface area contributed by atoms with Crippen molar-refractivity contribution in [3.8, 4) is 0 Å². The first-order chi connectivity index (χ1) is 40.5. The molecule has 478 valence electrons. The number of hydrogen-bond acceptors (Lipinski definition) is 6. The van der Waals surface area contributed by atoms with E-state index >= 15 is 0 Å². The van der Waals surface area contributed by atoms with Crippen LogP contribution in [0.25, 0.3) is 0 Å². The highest BCUT2D eigenvalue weighted by atomic mass is 16.6. The third-order valence-corrected chi connectivity index (χ3v) is 16.3. The molecule has 0 spiro atoms. The molecule has 0 aliphatic rings. The minimum absolute atomic E-state index is 0.0700. The molecule has 0 aromatic rings. The molecule has 0 rings (SSSR count). The molecule has 0 aliphatic carbocycles. The predicted octanol–water partition coefficient (Wildman–Crippen LogP) is 25.1. The number of rotatable bonds is 67. The molecular formula is C76H138O6. The average molecular weight is 1150 g/mol. The summed E-state index contributed by atoms with van der Waals surface area (Å²) < 4.78 is 16.9. The fourth-order valence-corrected chi connectivity index (χ4v) is 10.9. The van der Waals surface area contributed by atoms with Crippen molar-refractivity contribution in [2.45, 2.75) is 393 Å². The average Bonchev–Trinajstić information content (AvgIpc) is 3.48. The van der Waals surface area contributed by atoms with Crippen LogP contribution < -0.4 is 0 Å². The highest BCUT2D eigenvalue weighted by Crippen LogP contribution is 2.19. The number of carbonyl (C=O) groups is 3. The SMILES string of the molecule is CC/C=C\C/C=C\C/C=C\C/C=C\C/C=C\CCCCCCCCCCCCCC(=O)OC(COC(=O)CCCCCCCCCC)COC(=O)CCCCCCCCCCCCCCCCCCCCCCCCCCCCCCC. The molecule has 1 unspecified atom stereocenters. The van der Waals surface area contributed by atoms with Gasteiger partial charge in [-0.05, 0) is 64.2 Å². The standard InChI is InChI=1S/C76H138O6/c1-4-7-10-13-16-19-21-23-25-27-29-31-33-35-37-38-40-41-43-45-47-49-51-53-55-57-60-63-66-69-75(78)81-72-73(71-80-74(77)68-65-62-59-18-15-12-9-6-3)82-76(79)70-67-64-61-58-56-54-52-50-48-46-44-42-39-36-34-32-30-28-26-24-22-20-17-14-11-8-5-2/h8,11,17,20,24,26,30,32,36,39,73H,4-7,9-10,12-16,18-19,21-23,25,27-29,31,33-35,37-38,40-72H2,1-3H3/b11-8-,20-17-,26-24-,32-30-,39-36-. The molecule has 0 fully saturated rings. The van der Waals surface area contributed by atoms with Crippen LogP contribution in [0.3, 0.4) is 0 Å². The Morgan fingerprint density at radius 3 is 0.744 bits per heavy atom. The van der Waals surface area contributed by atoms with Gasteiger partial charge in [0.2, 0.25) is 0 Å². The van der Waals surface area contributed by atoms with E-state index in [1.807, 2.05) is 0 Å². The first-order valence-corrected chi connectivity index (χ1v) is 36.3. The molecule has 0 aromatic carbocycles. The maximum absolute atomic E-state index is 12.9. The van der Waals surface area contributed by atoms with Crippen LogP contribution in [0.1, 0.15) is 387 Å². The number of esters is 3. The lowest BCUT2D eigenvalue weighted by atomic mass is 10.0. The van der Waals surface area contributed by atoms with Crippen LogP contribution in [0.15, 0.2) is 60.8 Å². The van der Waals surface area contributed by atoms with Gasteiger partial charge >= 0.3 is 17.9 Å². The molecule has 1 atom stereocenters. The van der Waals surface area contributed by atoms with E-state index in [1.165, 1.54) is 257 Å². The van der Waals surface area contributed by atoms with Gasteiger partial charge in [0.05, 0.1) is 0 Å². The van der Waals surface area contributed by atoms with Gasteiger partial charge in [-0.25, -0.2) is 0 Å². The Hall–Kier alpha value is -2.89. The molecule has 0 aromatic heterocycles. The Morgan fingerprint density at radius 2 is 0.476 bits per heavy atom. The van der Waals surface area contributed by atoms with Crippen molar-refractivity contribution in [3.63, 3.8) is 0 Å². The van der Waals surface area contributed by atoms with E-state index < -0.39 is 6.10 Å². The highest BCUT2D eigenvalue weighted by Gasteiger charge is 2.19. The van der Waals surface area contributed by atoms with Crippen molar-refractivity contribution in [1.82, 2.24) is 0 Å². The van der Waals surface area contributed by atoms with E-state index in [1.54, 1.807) is 0 Å². The number of hydrogen-bond donors (Lipinski definition) is 0. The summed E-state index contributed by atoms with van der Waals surface area (Å²) in [4.78, 5) is 38.3. The first kappa shape index (κ1) is 79.1. The van der Waals surface area contributed by atoms with Gasteiger partial charge < -0.3 is 14.2 Å². The van der Waals surface area contributed by atoms with E-state index in [0.29, 0.717) is 19.3 Å². The van der Waals surface area contributed by atoms with E-state index in [9.17, 15) is 14.4 Å². The van der Waals surface area contributed by atoms with Crippen LogP contribution in [0, 0.1) is 0 Å². The number of allylic oxidation sites excluding steroid dienone is 10. The van der Waals surface area contributed by atoms with Gasteiger partial charge in [0.15, 0.2) is 6.10 Å². The van der Waals surface area contributed by atoms with Crippen LogP contribution >= 0.6 is 0 Å². The molecule has 6 nitrogen and oxygen atoms in total. The fraction of sp³-hybridized carbons (Fsp3) is 0.829. The lowest BCUT2D eigenvalue weighted by Gasteiger charge is -2.18. The first-order valence-electron chi connectivity index (χ1n) is 36.3. The molecule has 0 bridgehead atoms. The van der Waals surface area contributed by atoms with Gasteiger partial charge in [0, 0.05) is 19.3 Å². The van der Waals surface area contributed by atoms with E-state index in [4.69, 9.17) is 14.2 Å². The third kappa shape index (κ3) is 67.9. The molecule has 0 radical (unpaired) electrons. The largest absolute Gasteiger partial charge is 0.462 e. The Balaban J connectivity index is 4.06. The van der Waals surface area contributed by atoms with Gasteiger partial charge in [-0.15, -0.1) is 0 Å². The maximum atomic E-state index is 12.9. The van der Waals surface area contributed by atoms with E-state index in [2.05, 4.69) is 81.5 Å². The topological polar surface area (TPSA) is 78.9 Å². The van der Waals surface area contributed by atoms with Crippen molar-refractivity contribution in [1.29, 1.82) is 0 Å². The zero-order chi connectivity index (χ0) is 59.2. The summed E-state index contributed by atoms with van der Waals surface area (Å²) >= 11 is 0. The summed E-state index contributed by atoms with van der Waals surface area (Å²) in [7, 11) is 0. The van der Waals surface area contributed by atoms with E-state index in [0.717, 1.165) is 89.9 Å². The minimum Gasteiger partial charge on any atom is -0.462 e. The fourth-order valence-electron chi connectivity index (χ4n) is 10.9. The van der Waals surface area contributed by atoms with Gasteiger partial charge in [-0.3, -0.25) is 14.4 Å². The number of ether oxygens (including phenoxy) is 3. The quantitative estimate of drug-likeness (QED) is 0.0261. The van der Waals surface area contributed by atoms with Crippen LogP contribution in [0.5, 0.6) is 0 Å². The van der Waals surface area contributed by atoms with Crippen molar-refractivity contribution in [2.75, 3.05) is 13.2 Å². The third-order valence-electron chi connectivity index (χ3n) is 16.3. The molecule has 0 aliphatic heterocycles. The summed E-state index contributed by atoms with van der Waals surface area (Å²) in [6, 6.07) is 0. The van der Waals surface area contributed by atoms with Crippen LogP contribution in [-0.2, 0) is 28.6 Å². The second-order valence-corrected chi connectivity index (χ2v) is 24.5. The summed E-state index contributed by atoms with van der Waals surface area (Å²) in [6.07, 6.45) is 91.4. The van der Waals surface area contributed by atoms with Crippen molar-refractivity contribution < 1.29 is 28.6 Å². The molecule has 0 amide bonds. The van der Waals surface area contributed by atoms with Gasteiger partial charge in [-0.2, -0.15) is 0 Å². The normalized spacial score (nSPS) is 12.4. The highest BCUT2D eigenvalue weighted by molar-refractivity contribution is 5.71. The van der Waals surface area contributed by atoms with Gasteiger partial charge in [0.25, 0.3) is 0 Å². The second-order valence-electron chi connectivity index (χ2n) is 24.5. The molecule has 0 N–H and O–H groups in total. The Morgan fingerprint density at radius 1 is 0.256 bits per heavy atom. The summed E-state index contributed by atoms with van der Waals surface area (Å²) in [5.74, 6) is -0.854. The second kappa shape index (κ2) is 70.6. The number of carbonyl (C=O) groups excluding carboxylic acids is 3. The van der Waals surface area contributed by atoms with Crippen molar-refractivity contribution >= 4 is 17.9 Å². The minimum atomic E-state index is -0.773. The Bertz CT molecular complexity index is 1460. The molecular weight excluding hydrogens is 1010 g/mol. The summed E-state index contributed by atoms with van der Waals surface area (Å²) in [5.41, 5.74) is 0. The van der Waals surface area contributed by atoms with Gasteiger partial charge in [0.1, 0.15) is 13.2 Å². The van der Waals surface area contributed by atoms with Crippen LogP contribution in [0.4, 0.5) is 0 Å². The Labute approximate surface area is 510 Å². The van der Waals surface area contributed by atoms with Gasteiger partial charge in [-0.1, -0.05) is 364 Å². The van der Waals surface area contributed by atoms with Crippen molar-refractivity contribution in [2.24, 2.45) is 0 Å². The predicted molar refractivity (Wildman–Crippen MR) is 358 cm³/mol. The number of unbranched alkanes of at least 4 members (excludes halogenated alkanes) is 46. The van der Waals surface area contributed by atoms with Crippen molar-refractivity contribution in [3.05, 3.63) is 60.8 Å². The van der Waals surface area contributed by atoms with E-state index in [-0.39, 0.29) is 31.1 Å². The maximum Gasteiger partial charge on any atom is 0.306 e. The Kier molecular flexibility index (Phi) is 68.1. The summed E-state index contributed by atoms with van der Waals surface area (Å²) in [6.45, 7) is 6.56. The zero-order valence-electron chi connectivity index (χ0n) is 55.0. The molecule has 0 saturated heterocycles. The summed E-state index contributed by atoms with van der Waals surface area (Å²) in [5, 5.41) is 0. The molecule has 0 saturated carbocycles. The lowest BCUT2D eigenvalue weighted by molar-refractivity contribution is -0.167. The molecule has 82 heavy (non-hydrogen) atoms. The van der Waals surface area contributed by atoms with Crippen LogP contribution in [0.2, 0.25) is 0 Å².